The first-order valence-electron chi connectivity index (χ1n) is 5.07. The predicted octanol–water partition coefficient (Wildman–Crippen LogP) is 3.31. The molecule has 0 aliphatic carbocycles. The fraction of sp³-hybridized carbons (Fsp3) is 0.417. The SMILES string of the molecule is Cc1cc2c(c(C)c1Cl)C(=O)CCCO2. The fourth-order valence-corrected chi connectivity index (χ4v) is 2.07. The maximum absolute atomic E-state index is 11.9. The van der Waals surface area contributed by atoms with Gasteiger partial charge in [-0.05, 0) is 37.5 Å². The Balaban J connectivity index is 2.66. The zero-order valence-corrected chi connectivity index (χ0v) is 9.65. The van der Waals surface area contributed by atoms with Gasteiger partial charge >= 0.3 is 0 Å². The Morgan fingerprint density at radius 2 is 2.13 bits per heavy atom. The molecular formula is C12H13ClO2. The summed E-state index contributed by atoms with van der Waals surface area (Å²) < 4.78 is 5.56. The standard InChI is InChI=1S/C12H13ClO2/c1-7-6-10-11(8(2)12(7)13)9(14)4-3-5-15-10/h6H,3-5H2,1-2H3. The Morgan fingerprint density at radius 3 is 2.87 bits per heavy atom. The Labute approximate surface area is 94.2 Å². The average molecular weight is 225 g/mol. The Morgan fingerprint density at radius 1 is 1.40 bits per heavy atom. The number of rotatable bonds is 0. The van der Waals surface area contributed by atoms with Crippen molar-refractivity contribution in [1.29, 1.82) is 0 Å². The predicted molar refractivity (Wildman–Crippen MR) is 60.0 cm³/mol. The summed E-state index contributed by atoms with van der Waals surface area (Å²) in [5, 5.41) is 0.674. The summed E-state index contributed by atoms with van der Waals surface area (Å²) >= 11 is 6.13. The molecule has 0 bridgehead atoms. The van der Waals surface area contributed by atoms with Crippen LogP contribution in [0.3, 0.4) is 0 Å². The molecule has 0 N–H and O–H groups in total. The van der Waals surface area contributed by atoms with E-state index in [0.717, 1.165) is 17.5 Å². The molecule has 1 aliphatic rings. The van der Waals surface area contributed by atoms with E-state index < -0.39 is 0 Å². The van der Waals surface area contributed by atoms with E-state index in [1.165, 1.54) is 0 Å². The van der Waals surface area contributed by atoms with Crippen LogP contribution in [-0.4, -0.2) is 12.4 Å². The van der Waals surface area contributed by atoms with Crippen LogP contribution in [0.1, 0.15) is 34.3 Å². The van der Waals surface area contributed by atoms with Gasteiger partial charge in [-0.25, -0.2) is 0 Å². The quantitative estimate of drug-likeness (QED) is 0.676. The van der Waals surface area contributed by atoms with Gasteiger partial charge in [0.1, 0.15) is 5.75 Å². The molecule has 1 aromatic carbocycles. The van der Waals surface area contributed by atoms with Crippen molar-refractivity contribution >= 4 is 17.4 Å². The van der Waals surface area contributed by atoms with Crippen LogP contribution in [-0.2, 0) is 0 Å². The van der Waals surface area contributed by atoms with Crippen LogP contribution in [0.25, 0.3) is 0 Å². The van der Waals surface area contributed by atoms with Crippen molar-refractivity contribution in [3.05, 3.63) is 27.8 Å². The van der Waals surface area contributed by atoms with Gasteiger partial charge in [0, 0.05) is 11.4 Å². The number of hydrogen-bond acceptors (Lipinski definition) is 2. The van der Waals surface area contributed by atoms with Gasteiger partial charge in [-0.15, -0.1) is 0 Å². The summed E-state index contributed by atoms with van der Waals surface area (Å²) in [7, 11) is 0. The molecule has 0 radical (unpaired) electrons. The molecule has 0 spiro atoms. The molecule has 1 aromatic rings. The van der Waals surface area contributed by atoms with Crippen LogP contribution in [0, 0.1) is 13.8 Å². The van der Waals surface area contributed by atoms with E-state index in [0.29, 0.717) is 29.4 Å². The molecule has 0 aromatic heterocycles. The minimum atomic E-state index is 0.141. The largest absolute Gasteiger partial charge is 0.493 e. The summed E-state index contributed by atoms with van der Waals surface area (Å²) in [6.07, 6.45) is 1.33. The third-order valence-corrected chi connectivity index (χ3v) is 3.31. The molecule has 1 heterocycles. The van der Waals surface area contributed by atoms with E-state index in [1.807, 2.05) is 19.9 Å². The van der Waals surface area contributed by atoms with Crippen molar-refractivity contribution in [1.82, 2.24) is 0 Å². The highest BCUT2D eigenvalue weighted by atomic mass is 35.5. The highest BCUT2D eigenvalue weighted by Crippen LogP contribution is 2.34. The third-order valence-electron chi connectivity index (χ3n) is 2.73. The molecule has 2 nitrogen and oxygen atoms in total. The lowest BCUT2D eigenvalue weighted by Crippen LogP contribution is -2.02. The molecule has 0 saturated carbocycles. The van der Waals surface area contributed by atoms with Gasteiger partial charge in [-0.1, -0.05) is 11.6 Å². The van der Waals surface area contributed by atoms with Crippen molar-refractivity contribution in [3.63, 3.8) is 0 Å². The number of ketones is 1. The van der Waals surface area contributed by atoms with E-state index >= 15 is 0 Å². The molecule has 2 rings (SSSR count). The monoisotopic (exact) mass is 224 g/mol. The molecule has 0 saturated heterocycles. The van der Waals surface area contributed by atoms with Crippen molar-refractivity contribution in [2.45, 2.75) is 26.7 Å². The van der Waals surface area contributed by atoms with Gasteiger partial charge in [0.15, 0.2) is 5.78 Å². The number of fused-ring (bicyclic) bond motifs is 1. The van der Waals surface area contributed by atoms with Gasteiger partial charge in [-0.2, -0.15) is 0 Å². The molecule has 15 heavy (non-hydrogen) atoms. The second-order valence-corrected chi connectivity index (χ2v) is 4.26. The van der Waals surface area contributed by atoms with Gasteiger partial charge in [0.2, 0.25) is 0 Å². The van der Waals surface area contributed by atoms with Crippen LogP contribution < -0.4 is 4.74 Å². The zero-order chi connectivity index (χ0) is 11.0. The number of aryl methyl sites for hydroxylation is 1. The number of carbonyl (C=O) groups excluding carboxylic acids is 1. The van der Waals surface area contributed by atoms with E-state index in [4.69, 9.17) is 16.3 Å². The Kier molecular flexibility index (Phi) is 2.70. The fourth-order valence-electron chi connectivity index (χ4n) is 1.92. The van der Waals surface area contributed by atoms with Crippen LogP contribution in [0.4, 0.5) is 0 Å². The number of Topliss-reactive ketones (excluding diaryl/α,β-unsaturated/α-hetero) is 1. The van der Waals surface area contributed by atoms with Gasteiger partial charge in [0.05, 0.1) is 12.2 Å². The summed E-state index contributed by atoms with van der Waals surface area (Å²) in [6.45, 7) is 4.41. The minimum Gasteiger partial charge on any atom is -0.493 e. The van der Waals surface area contributed by atoms with Crippen molar-refractivity contribution in [3.8, 4) is 5.75 Å². The van der Waals surface area contributed by atoms with Gasteiger partial charge < -0.3 is 4.74 Å². The Hall–Kier alpha value is -1.02. The molecule has 1 aliphatic heterocycles. The average Bonchev–Trinajstić information content (AvgIpc) is 2.37. The minimum absolute atomic E-state index is 0.141. The van der Waals surface area contributed by atoms with E-state index in [9.17, 15) is 4.79 Å². The summed E-state index contributed by atoms with van der Waals surface area (Å²) in [5.74, 6) is 0.832. The normalized spacial score (nSPS) is 15.5. The number of hydrogen-bond donors (Lipinski definition) is 0. The molecule has 0 atom stereocenters. The van der Waals surface area contributed by atoms with Gasteiger partial charge in [0.25, 0.3) is 0 Å². The van der Waals surface area contributed by atoms with Crippen LogP contribution in [0.5, 0.6) is 5.75 Å². The number of halogens is 1. The second kappa shape index (κ2) is 3.86. The molecule has 0 fully saturated rings. The lowest BCUT2D eigenvalue weighted by atomic mass is 9.99. The number of ether oxygens (including phenoxy) is 1. The molecule has 0 unspecified atom stereocenters. The molecule has 80 valence electrons. The molecule has 0 amide bonds. The van der Waals surface area contributed by atoms with E-state index in [2.05, 4.69) is 0 Å². The first kappa shape index (κ1) is 10.5. The highest BCUT2D eigenvalue weighted by molar-refractivity contribution is 6.32. The third kappa shape index (κ3) is 1.74. The maximum atomic E-state index is 11.9. The maximum Gasteiger partial charge on any atom is 0.167 e. The summed E-state index contributed by atoms with van der Waals surface area (Å²) in [6, 6.07) is 1.86. The van der Waals surface area contributed by atoms with Crippen LogP contribution in [0.15, 0.2) is 6.07 Å². The molecular weight excluding hydrogens is 212 g/mol. The smallest absolute Gasteiger partial charge is 0.167 e. The lowest BCUT2D eigenvalue weighted by Gasteiger charge is -2.12. The number of carbonyl (C=O) groups is 1. The van der Waals surface area contributed by atoms with E-state index in [-0.39, 0.29) is 5.78 Å². The van der Waals surface area contributed by atoms with Crippen molar-refractivity contribution in [2.75, 3.05) is 6.61 Å². The first-order valence-corrected chi connectivity index (χ1v) is 5.44. The van der Waals surface area contributed by atoms with Crippen LogP contribution in [0.2, 0.25) is 5.02 Å². The summed E-state index contributed by atoms with van der Waals surface area (Å²) in [4.78, 5) is 11.9. The Bertz CT molecular complexity index is 424. The second-order valence-electron chi connectivity index (χ2n) is 3.88. The zero-order valence-electron chi connectivity index (χ0n) is 8.89. The first-order chi connectivity index (χ1) is 7.11. The van der Waals surface area contributed by atoms with Crippen molar-refractivity contribution < 1.29 is 9.53 Å². The van der Waals surface area contributed by atoms with Crippen molar-refractivity contribution in [2.24, 2.45) is 0 Å². The highest BCUT2D eigenvalue weighted by Gasteiger charge is 2.21. The topological polar surface area (TPSA) is 26.3 Å². The molecule has 3 heteroatoms. The number of benzene rings is 1. The lowest BCUT2D eigenvalue weighted by molar-refractivity contribution is 0.0982. The van der Waals surface area contributed by atoms with Gasteiger partial charge in [-0.3, -0.25) is 4.79 Å². The van der Waals surface area contributed by atoms with E-state index in [1.54, 1.807) is 0 Å². The summed E-state index contributed by atoms with van der Waals surface area (Å²) in [5.41, 5.74) is 2.48. The van der Waals surface area contributed by atoms with Crippen LogP contribution >= 0.6 is 11.6 Å².